The van der Waals surface area contributed by atoms with Crippen LogP contribution in [0.5, 0.6) is 0 Å². The van der Waals surface area contributed by atoms with Crippen LogP contribution in [-0.4, -0.2) is 23.4 Å². The van der Waals surface area contributed by atoms with Gasteiger partial charge in [0.1, 0.15) is 0 Å². The number of ketones is 1. The molecule has 1 heterocycles. The Labute approximate surface area is 136 Å². The van der Waals surface area contributed by atoms with E-state index >= 15 is 0 Å². The average Bonchev–Trinajstić information content (AvgIpc) is 2.93. The number of hydrogen-bond acceptors (Lipinski definition) is 4. The SMILES string of the molecule is C=Cc1ccc(C(=O)NCC(=O)c2onc(C)c2C)cc1.CC. The van der Waals surface area contributed by atoms with E-state index in [1.54, 1.807) is 44.2 Å². The summed E-state index contributed by atoms with van der Waals surface area (Å²) < 4.78 is 4.96. The lowest BCUT2D eigenvalue weighted by Gasteiger charge is -2.04. The standard InChI is InChI=1S/C16H16N2O3.C2H6/c1-4-12-5-7-13(8-6-12)16(20)17-9-14(19)15-10(2)11(3)18-21-15;1-2/h4-8H,1,9H2,2-3H3,(H,17,20);1-2H3. The van der Waals surface area contributed by atoms with Gasteiger partial charge in [-0.15, -0.1) is 0 Å². The minimum Gasteiger partial charge on any atom is -0.352 e. The minimum atomic E-state index is -0.312. The first-order valence-corrected chi connectivity index (χ1v) is 7.49. The maximum atomic E-state index is 12.0. The lowest BCUT2D eigenvalue weighted by molar-refractivity contribution is 0.0887. The largest absolute Gasteiger partial charge is 0.352 e. The molecule has 1 amide bonds. The van der Waals surface area contributed by atoms with Gasteiger partial charge in [0.25, 0.3) is 5.91 Å². The van der Waals surface area contributed by atoms with E-state index in [0.29, 0.717) is 16.8 Å². The van der Waals surface area contributed by atoms with E-state index in [1.165, 1.54) is 0 Å². The second kappa shape index (κ2) is 8.68. The third kappa shape index (κ3) is 4.64. The molecule has 0 aliphatic heterocycles. The fourth-order valence-corrected chi connectivity index (χ4v) is 1.79. The van der Waals surface area contributed by atoms with Crippen LogP contribution in [0.2, 0.25) is 0 Å². The first-order chi connectivity index (χ1) is 11.0. The van der Waals surface area contributed by atoms with Gasteiger partial charge in [-0.1, -0.05) is 43.8 Å². The van der Waals surface area contributed by atoms with E-state index in [1.807, 2.05) is 13.8 Å². The Morgan fingerprint density at radius 1 is 1.22 bits per heavy atom. The van der Waals surface area contributed by atoms with Crippen molar-refractivity contribution in [1.82, 2.24) is 10.5 Å². The molecule has 0 aliphatic carbocycles. The molecule has 0 unspecified atom stereocenters. The Balaban J connectivity index is 0.00000127. The summed E-state index contributed by atoms with van der Waals surface area (Å²) >= 11 is 0. The molecule has 1 aromatic heterocycles. The summed E-state index contributed by atoms with van der Waals surface area (Å²) in [4.78, 5) is 23.9. The Bertz CT molecular complexity index is 685. The van der Waals surface area contributed by atoms with Crippen molar-refractivity contribution in [3.63, 3.8) is 0 Å². The molecule has 0 spiro atoms. The summed E-state index contributed by atoms with van der Waals surface area (Å²) in [7, 11) is 0. The van der Waals surface area contributed by atoms with Gasteiger partial charge in [-0.2, -0.15) is 0 Å². The highest BCUT2D eigenvalue weighted by Gasteiger charge is 2.17. The van der Waals surface area contributed by atoms with E-state index in [0.717, 1.165) is 5.56 Å². The van der Waals surface area contributed by atoms with E-state index in [2.05, 4.69) is 17.1 Å². The normalized spacial score (nSPS) is 9.57. The van der Waals surface area contributed by atoms with E-state index in [9.17, 15) is 9.59 Å². The van der Waals surface area contributed by atoms with Crippen LogP contribution in [0.3, 0.4) is 0 Å². The maximum Gasteiger partial charge on any atom is 0.251 e. The number of aryl methyl sites for hydroxylation is 1. The molecule has 23 heavy (non-hydrogen) atoms. The fourth-order valence-electron chi connectivity index (χ4n) is 1.79. The van der Waals surface area contributed by atoms with E-state index in [4.69, 9.17) is 4.52 Å². The van der Waals surface area contributed by atoms with Crippen LogP contribution in [-0.2, 0) is 0 Å². The van der Waals surface area contributed by atoms with Crippen LogP contribution in [0, 0.1) is 13.8 Å². The predicted molar refractivity (Wildman–Crippen MR) is 90.5 cm³/mol. The van der Waals surface area contributed by atoms with Gasteiger partial charge in [0.05, 0.1) is 12.2 Å². The van der Waals surface area contributed by atoms with Crippen LogP contribution >= 0.6 is 0 Å². The molecule has 0 bridgehead atoms. The molecule has 2 aromatic rings. The number of nitrogens with one attached hydrogen (secondary N) is 1. The summed E-state index contributed by atoms with van der Waals surface area (Å²) in [6.07, 6.45) is 1.69. The average molecular weight is 314 g/mol. The molecular weight excluding hydrogens is 292 g/mol. The van der Waals surface area contributed by atoms with Crippen LogP contribution < -0.4 is 5.32 Å². The molecule has 1 aromatic carbocycles. The topological polar surface area (TPSA) is 72.2 Å². The van der Waals surface area contributed by atoms with E-state index in [-0.39, 0.29) is 24.0 Å². The molecule has 5 nitrogen and oxygen atoms in total. The summed E-state index contributed by atoms with van der Waals surface area (Å²) in [5.74, 6) is -0.424. The van der Waals surface area contributed by atoms with Crippen molar-refractivity contribution >= 4 is 17.8 Å². The number of amides is 1. The summed E-state index contributed by atoms with van der Waals surface area (Å²) in [6, 6.07) is 6.93. The molecule has 0 aliphatic rings. The van der Waals surface area contributed by atoms with Crippen molar-refractivity contribution in [1.29, 1.82) is 0 Å². The summed E-state index contributed by atoms with van der Waals surface area (Å²) in [5, 5.41) is 6.29. The van der Waals surface area contributed by atoms with Gasteiger partial charge in [0.2, 0.25) is 11.5 Å². The smallest absolute Gasteiger partial charge is 0.251 e. The second-order valence-corrected chi connectivity index (χ2v) is 4.65. The zero-order valence-corrected chi connectivity index (χ0v) is 14.0. The second-order valence-electron chi connectivity index (χ2n) is 4.65. The molecule has 0 fully saturated rings. The highest BCUT2D eigenvalue weighted by atomic mass is 16.5. The number of Topliss-reactive ketones (excluding diaryl/α,β-unsaturated/α-hetero) is 1. The summed E-state index contributed by atoms with van der Waals surface area (Å²) in [5.41, 5.74) is 2.78. The van der Waals surface area contributed by atoms with Gasteiger partial charge < -0.3 is 9.84 Å². The third-order valence-corrected chi connectivity index (χ3v) is 3.23. The van der Waals surface area contributed by atoms with Gasteiger partial charge in [-0.25, -0.2) is 0 Å². The van der Waals surface area contributed by atoms with Crippen molar-refractivity contribution in [2.24, 2.45) is 0 Å². The first-order valence-electron chi connectivity index (χ1n) is 7.49. The highest BCUT2D eigenvalue weighted by Crippen LogP contribution is 2.12. The first kappa shape index (κ1) is 18.4. The van der Waals surface area contributed by atoms with Gasteiger partial charge in [0.15, 0.2) is 0 Å². The number of aromatic nitrogens is 1. The van der Waals surface area contributed by atoms with Crippen molar-refractivity contribution in [2.75, 3.05) is 6.54 Å². The minimum absolute atomic E-state index is 0.127. The number of carbonyl (C=O) groups is 2. The zero-order valence-electron chi connectivity index (χ0n) is 14.0. The lowest BCUT2D eigenvalue weighted by Crippen LogP contribution is -2.29. The Morgan fingerprint density at radius 3 is 2.30 bits per heavy atom. The molecule has 0 atom stereocenters. The van der Waals surface area contributed by atoms with Gasteiger partial charge in [-0.3, -0.25) is 9.59 Å². The molecule has 0 saturated heterocycles. The zero-order chi connectivity index (χ0) is 17.4. The Morgan fingerprint density at radius 2 is 1.83 bits per heavy atom. The summed E-state index contributed by atoms with van der Waals surface area (Å²) in [6.45, 7) is 11.0. The van der Waals surface area contributed by atoms with Gasteiger partial charge in [0, 0.05) is 11.1 Å². The maximum absolute atomic E-state index is 12.0. The molecule has 5 heteroatoms. The van der Waals surface area contributed by atoms with Crippen molar-refractivity contribution in [3.8, 4) is 0 Å². The van der Waals surface area contributed by atoms with Crippen LogP contribution in [0.1, 0.15) is 51.6 Å². The van der Waals surface area contributed by atoms with Crippen molar-refractivity contribution < 1.29 is 14.1 Å². The van der Waals surface area contributed by atoms with E-state index < -0.39 is 0 Å². The Kier molecular flexibility index (Phi) is 6.93. The molecule has 2 rings (SSSR count). The molecule has 1 N–H and O–H groups in total. The lowest BCUT2D eigenvalue weighted by atomic mass is 10.1. The number of rotatable bonds is 5. The quantitative estimate of drug-likeness (QED) is 0.856. The number of benzene rings is 1. The number of hydrogen-bond donors (Lipinski definition) is 1. The molecular formula is C18H22N2O3. The van der Waals surface area contributed by atoms with Gasteiger partial charge in [-0.05, 0) is 31.5 Å². The number of carbonyl (C=O) groups excluding carboxylic acids is 2. The van der Waals surface area contributed by atoms with Crippen LogP contribution in [0.4, 0.5) is 0 Å². The molecule has 0 saturated carbocycles. The van der Waals surface area contributed by atoms with Crippen molar-refractivity contribution in [2.45, 2.75) is 27.7 Å². The monoisotopic (exact) mass is 314 g/mol. The molecule has 0 radical (unpaired) electrons. The highest BCUT2D eigenvalue weighted by molar-refractivity contribution is 6.01. The number of nitrogens with zero attached hydrogens (tertiary/aromatic N) is 1. The van der Waals surface area contributed by atoms with Crippen molar-refractivity contribution in [3.05, 3.63) is 59.0 Å². The molecule has 122 valence electrons. The predicted octanol–water partition coefficient (Wildman–Crippen LogP) is 3.57. The third-order valence-electron chi connectivity index (χ3n) is 3.23. The fraction of sp³-hybridized carbons (Fsp3) is 0.278. The van der Waals surface area contributed by atoms with Gasteiger partial charge >= 0.3 is 0 Å². The van der Waals surface area contributed by atoms with Crippen LogP contribution in [0.15, 0.2) is 35.4 Å². The Hall–Kier alpha value is -2.69. The van der Waals surface area contributed by atoms with Crippen LogP contribution in [0.25, 0.3) is 6.08 Å².